The summed E-state index contributed by atoms with van der Waals surface area (Å²) in [6.45, 7) is 7.03. The maximum absolute atomic E-state index is 12.6. The Bertz CT molecular complexity index is 1290. The molecule has 0 spiro atoms. The van der Waals surface area contributed by atoms with Crippen molar-refractivity contribution < 1.29 is 22.4 Å². The van der Waals surface area contributed by atoms with Gasteiger partial charge in [-0.15, -0.1) is 0 Å². The number of rotatable bonds is 8. The van der Waals surface area contributed by atoms with Crippen molar-refractivity contribution in [3.05, 3.63) is 69.6 Å². The Morgan fingerprint density at radius 3 is 2.47 bits per heavy atom. The molecule has 8 heteroatoms. The van der Waals surface area contributed by atoms with Crippen molar-refractivity contribution in [2.45, 2.75) is 57.9 Å². The second-order valence-corrected chi connectivity index (χ2v) is 9.55. The zero-order valence-electron chi connectivity index (χ0n) is 18.6. The average Bonchev–Trinajstić information content (AvgIpc) is 2.74. The summed E-state index contributed by atoms with van der Waals surface area (Å²) in [6.07, 6.45) is 2.68. The van der Waals surface area contributed by atoms with E-state index in [2.05, 4.69) is 11.6 Å². The number of carbonyl (C=O) groups excluding carboxylic acids is 1. The van der Waals surface area contributed by atoms with Gasteiger partial charge in [0.25, 0.3) is 0 Å². The number of sulfonamides is 1. The summed E-state index contributed by atoms with van der Waals surface area (Å²) in [6, 6.07) is 10.1. The van der Waals surface area contributed by atoms with E-state index in [1.165, 1.54) is 25.1 Å². The number of fused-ring (bicyclic) bond motifs is 1. The van der Waals surface area contributed by atoms with E-state index in [1.54, 1.807) is 31.2 Å². The summed E-state index contributed by atoms with van der Waals surface area (Å²) in [5.41, 5.74) is 2.21. The third-order valence-electron chi connectivity index (χ3n) is 5.22. The topological polar surface area (TPSA) is 103 Å². The van der Waals surface area contributed by atoms with Gasteiger partial charge in [-0.1, -0.05) is 31.0 Å². The first-order valence-corrected chi connectivity index (χ1v) is 12.0. The van der Waals surface area contributed by atoms with Crippen LogP contribution < -0.4 is 15.1 Å². The summed E-state index contributed by atoms with van der Waals surface area (Å²) in [7, 11) is -3.89. The van der Waals surface area contributed by atoms with E-state index < -0.39 is 27.7 Å². The molecule has 0 saturated carbocycles. The summed E-state index contributed by atoms with van der Waals surface area (Å²) < 4.78 is 38.3. The maximum atomic E-state index is 12.6. The number of aryl methyl sites for hydroxylation is 3. The normalized spacial score (nSPS) is 12.6. The second kappa shape index (κ2) is 9.67. The molecule has 0 aliphatic heterocycles. The molecule has 0 bridgehead atoms. The number of carbonyl (C=O) groups is 1. The SMILES string of the molecule is CCCCc1cc(=O)oc2c(C)c(OC(=O)[C@H](C)NS(=O)(=O)c3ccc(C)cc3)ccc12. The van der Waals surface area contributed by atoms with Crippen molar-refractivity contribution in [1.82, 2.24) is 4.72 Å². The molecule has 3 aromatic rings. The van der Waals surface area contributed by atoms with Crippen molar-refractivity contribution in [3.8, 4) is 5.75 Å². The highest BCUT2D eigenvalue weighted by molar-refractivity contribution is 7.89. The van der Waals surface area contributed by atoms with Gasteiger partial charge in [0, 0.05) is 17.0 Å². The molecule has 2 aromatic carbocycles. The Morgan fingerprint density at radius 2 is 1.81 bits per heavy atom. The number of hydrogen-bond acceptors (Lipinski definition) is 6. The maximum Gasteiger partial charge on any atom is 0.336 e. The number of unbranched alkanes of at least 4 members (excludes halogenated alkanes) is 1. The van der Waals surface area contributed by atoms with Crippen LogP contribution >= 0.6 is 0 Å². The standard InChI is InChI=1S/C24H27NO6S/c1-5-6-7-18-14-22(26)31-23-16(3)21(13-12-20(18)23)30-24(27)17(4)25-32(28,29)19-10-8-15(2)9-11-19/h8-14,17,25H,5-7H2,1-4H3/t17-/m0/s1. The summed E-state index contributed by atoms with van der Waals surface area (Å²) >= 11 is 0. The number of hydrogen-bond donors (Lipinski definition) is 1. The zero-order valence-corrected chi connectivity index (χ0v) is 19.4. The quantitative estimate of drug-likeness (QED) is 0.311. The molecule has 1 heterocycles. The Morgan fingerprint density at radius 1 is 1.12 bits per heavy atom. The minimum atomic E-state index is -3.89. The van der Waals surface area contributed by atoms with Gasteiger partial charge < -0.3 is 9.15 Å². The Labute approximate surface area is 187 Å². The van der Waals surface area contributed by atoms with Crippen LogP contribution in [-0.2, 0) is 21.2 Å². The van der Waals surface area contributed by atoms with Crippen LogP contribution in [0, 0.1) is 13.8 Å². The van der Waals surface area contributed by atoms with Gasteiger partial charge in [-0.3, -0.25) is 0 Å². The summed E-state index contributed by atoms with van der Waals surface area (Å²) in [5.74, 6) is -0.563. The van der Waals surface area contributed by atoms with Crippen molar-refractivity contribution in [3.63, 3.8) is 0 Å². The molecule has 0 saturated heterocycles. The predicted octanol–water partition coefficient (Wildman–Crippen LogP) is 4.02. The molecule has 3 rings (SSSR count). The Balaban J connectivity index is 1.82. The fourth-order valence-electron chi connectivity index (χ4n) is 3.36. The van der Waals surface area contributed by atoms with Crippen LogP contribution in [0.1, 0.15) is 43.4 Å². The highest BCUT2D eigenvalue weighted by Gasteiger charge is 2.24. The van der Waals surface area contributed by atoms with E-state index in [1.807, 2.05) is 6.92 Å². The second-order valence-electron chi connectivity index (χ2n) is 7.84. The molecule has 170 valence electrons. The van der Waals surface area contributed by atoms with E-state index in [9.17, 15) is 18.0 Å². The van der Waals surface area contributed by atoms with Crippen LogP contribution in [0.15, 0.2) is 56.6 Å². The van der Waals surface area contributed by atoms with Gasteiger partial charge in [-0.2, -0.15) is 4.72 Å². The smallest absolute Gasteiger partial charge is 0.336 e. The van der Waals surface area contributed by atoms with E-state index in [4.69, 9.17) is 9.15 Å². The first kappa shape index (κ1) is 23.7. The fraction of sp³-hybridized carbons (Fsp3) is 0.333. The molecular formula is C24H27NO6S. The molecule has 1 atom stereocenters. The van der Waals surface area contributed by atoms with Crippen LogP contribution in [0.4, 0.5) is 0 Å². The van der Waals surface area contributed by atoms with Crippen LogP contribution in [0.25, 0.3) is 11.0 Å². The van der Waals surface area contributed by atoms with Gasteiger partial charge in [0.15, 0.2) is 0 Å². The van der Waals surface area contributed by atoms with Crippen molar-refractivity contribution in [1.29, 1.82) is 0 Å². The first-order chi connectivity index (χ1) is 15.1. The molecule has 1 N–H and O–H groups in total. The molecule has 0 amide bonds. The zero-order chi connectivity index (χ0) is 23.5. The van der Waals surface area contributed by atoms with Crippen LogP contribution in [0.5, 0.6) is 5.75 Å². The minimum Gasteiger partial charge on any atom is -0.425 e. The number of benzene rings is 2. The molecule has 0 fully saturated rings. The van der Waals surface area contributed by atoms with Crippen LogP contribution in [0.2, 0.25) is 0 Å². The Kier molecular flexibility index (Phi) is 7.16. The fourth-order valence-corrected chi connectivity index (χ4v) is 4.55. The molecule has 0 aliphatic rings. The number of ether oxygens (including phenoxy) is 1. The van der Waals surface area contributed by atoms with Crippen LogP contribution in [0.3, 0.4) is 0 Å². The molecule has 1 aromatic heterocycles. The van der Waals surface area contributed by atoms with Gasteiger partial charge in [0.2, 0.25) is 10.0 Å². The average molecular weight is 458 g/mol. The lowest BCUT2D eigenvalue weighted by Gasteiger charge is -2.15. The monoisotopic (exact) mass is 457 g/mol. The highest BCUT2D eigenvalue weighted by atomic mass is 32.2. The molecule has 0 aliphatic carbocycles. The molecular weight excluding hydrogens is 430 g/mol. The lowest BCUT2D eigenvalue weighted by atomic mass is 10.0. The van der Waals surface area contributed by atoms with Gasteiger partial charge in [0.1, 0.15) is 17.4 Å². The van der Waals surface area contributed by atoms with E-state index >= 15 is 0 Å². The lowest BCUT2D eigenvalue weighted by molar-refractivity contribution is -0.135. The Hall–Kier alpha value is -2.97. The largest absolute Gasteiger partial charge is 0.425 e. The number of esters is 1. The highest BCUT2D eigenvalue weighted by Crippen LogP contribution is 2.29. The van der Waals surface area contributed by atoms with Crippen LogP contribution in [-0.4, -0.2) is 20.4 Å². The van der Waals surface area contributed by atoms with Crippen molar-refractivity contribution >= 4 is 27.0 Å². The molecule has 0 radical (unpaired) electrons. The predicted molar refractivity (Wildman–Crippen MR) is 122 cm³/mol. The first-order valence-electron chi connectivity index (χ1n) is 10.5. The molecule has 32 heavy (non-hydrogen) atoms. The van der Waals surface area contributed by atoms with E-state index in [0.717, 1.165) is 35.8 Å². The van der Waals surface area contributed by atoms with Crippen molar-refractivity contribution in [2.24, 2.45) is 0 Å². The number of nitrogens with one attached hydrogen (secondary N) is 1. The van der Waals surface area contributed by atoms with Gasteiger partial charge in [-0.25, -0.2) is 18.0 Å². The molecule has 7 nitrogen and oxygen atoms in total. The summed E-state index contributed by atoms with van der Waals surface area (Å²) in [4.78, 5) is 24.7. The summed E-state index contributed by atoms with van der Waals surface area (Å²) in [5, 5.41) is 0.795. The third-order valence-corrected chi connectivity index (χ3v) is 6.78. The van der Waals surface area contributed by atoms with Gasteiger partial charge in [-0.05, 0) is 63.4 Å². The van der Waals surface area contributed by atoms with E-state index in [-0.39, 0.29) is 10.6 Å². The van der Waals surface area contributed by atoms with Crippen molar-refractivity contribution in [2.75, 3.05) is 0 Å². The van der Waals surface area contributed by atoms with Gasteiger partial charge >= 0.3 is 11.6 Å². The third kappa shape index (κ3) is 5.26. The molecule has 0 unspecified atom stereocenters. The lowest BCUT2D eigenvalue weighted by Crippen LogP contribution is -2.40. The van der Waals surface area contributed by atoms with Gasteiger partial charge in [0.05, 0.1) is 4.90 Å². The van der Waals surface area contributed by atoms with E-state index in [0.29, 0.717) is 11.1 Å². The minimum absolute atomic E-state index is 0.0611.